The highest BCUT2D eigenvalue weighted by Gasteiger charge is 2.23. The topological polar surface area (TPSA) is 65.1 Å². The molecule has 0 N–H and O–H groups in total. The largest absolute Gasteiger partial charge is 0.466 e. The third-order valence-corrected chi connectivity index (χ3v) is 4.40. The Bertz CT molecular complexity index is 681. The first-order valence-electron chi connectivity index (χ1n) is 8.76. The molecule has 6 nitrogen and oxygen atoms in total. The molecule has 6 heteroatoms. The van der Waals surface area contributed by atoms with Gasteiger partial charge in [0.25, 0.3) is 0 Å². The molecule has 0 aliphatic carbocycles. The van der Waals surface area contributed by atoms with Crippen LogP contribution in [0, 0.1) is 5.92 Å². The summed E-state index contributed by atoms with van der Waals surface area (Å²) in [5.74, 6) is -0.677. The Labute approximate surface area is 154 Å². The fourth-order valence-corrected chi connectivity index (χ4v) is 2.88. The lowest BCUT2D eigenvalue weighted by Crippen LogP contribution is -2.31. The van der Waals surface area contributed by atoms with Crippen LogP contribution in [0.4, 0.5) is 0 Å². The van der Waals surface area contributed by atoms with Crippen LogP contribution in [0.5, 0.6) is 0 Å². The summed E-state index contributed by atoms with van der Waals surface area (Å²) in [4.78, 5) is 26.0. The van der Waals surface area contributed by atoms with E-state index in [1.807, 2.05) is 17.0 Å². The summed E-state index contributed by atoms with van der Waals surface area (Å²) in [6.07, 6.45) is 2.08. The van der Waals surface area contributed by atoms with Gasteiger partial charge in [0.2, 0.25) is 0 Å². The van der Waals surface area contributed by atoms with Crippen molar-refractivity contribution in [1.82, 2.24) is 4.90 Å². The Morgan fingerprint density at radius 2 is 2.00 bits per heavy atom. The fourth-order valence-electron chi connectivity index (χ4n) is 2.88. The lowest BCUT2D eigenvalue weighted by atomic mass is 10.0. The second-order valence-electron chi connectivity index (χ2n) is 6.70. The van der Waals surface area contributed by atoms with Crippen LogP contribution in [0.25, 0.3) is 0 Å². The third-order valence-electron chi connectivity index (χ3n) is 4.40. The number of rotatable bonds is 8. The smallest absolute Gasteiger partial charge is 0.354 e. The maximum Gasteiger partial charge on any atom is 0.354 e. The first kappa shape index (κ1) is 20.0. The zero-order valence-electron chi connectivity index (χ0n) is 15.9. The third kappa shape index (κ3) is 5.08. The SMILES string of the molecule is COC(=O)/C=C(\C(=O)OC)N(CCC(C)C)Cc1cccc2c1COC2. The number of ether oxygens (including phenoxy) is 3. The minimum atomic E-state index is -0.582. The van der Waals surface area contributed by atoms with E-state index in [4.69, 9.17) is 14.2 Å². The molecule has 1 heterocycles. The van der Waals surface area contributed by atoms with Crippen molar-refractivity contribution in [3.63, 3.8) is 0 Å². The Hall–Kier alpha value is -2.34. The number of hydrogen-bond acceptors (Lipinski definition) is 6. The summed E-state index contributed by atoms with van der Waals surface area (Å²) in [7, 11) is 2.59. The maximum absolute atomic E-state index is 12.3. The van der Waals surface area contributed by atoms with Crippen molar-refractivity contribution < 1.29 is 23.8 Å². The monoisotopic (exact) mass is 361 g/mol. The zero-order chi connectivity index (χ0) is 19.1. The molecule has 1 aromatic rings. The van der Waals surface area contributed by atoms with E-state index in [1.165, 1.54) is 25.9 Å². The number of nitrogens with zero attached hydrogens (tertiary/aromatic N) is 1. The van der Waals surface area contributed by atoms with Gasteiger partial charge in [-0.1, -0.05) is 32.0 Å². The van der Waals surface area contributed by atoms with E-state index >= 15 is 0 Å². The van der Waals surface area contributed by atoms with Gasteiger partial charge in [0.05, 0.1) is 33.5 Å². The van der Waals surface area contributed by atoms with E-state index in [0.29, 0.717) is 32.2 Å². The number of carbonyl (C=O) groups is 2. The second-order valence-corrected chi connectivity index (χ2v) is 6.70. The van der Waals surface area contributed by atoms with E-state index in [1.54, 1.807) is 0 Å². The molecule has 0 saturated heterocycles. The van der Waals surface area contributed by atoms with E-state index in [-0.39, 0.29) is 5.70 Å². The van der Waals surface area contributed by atoms with Crippen molar-refractivity contribution in [2.24, 2.45) is 5.92 Å². The van der Waals surface area contributed by atoms with Gasteiger partial charge in [0.1, 0.15) is 5.70 Å². The quantitative estimate of drug-likeness (QED) is 0.524. The average Bonchev–Trinajstić information content (AvgIpc) is 3.11. The highest BCUT2D eigenvalue weighted by molar-refractivity contribution is 5.95. The molecular weight excluding hydrogens is 334 g/mol. The van der Waals surface area contributed by atoms with E-state index in [9.17, 15) is 9.59 Å². The van der Waals surface area contributed by atoms with Gasteiger partial charge in [0, 0.05) is 13.1 Å². The van der Waals surface area contributed by atoms with Gasteiger partial charge in [-0.15, -0.1) is 0 Å². The standard InChI is InChI=1S/C20H27NO5/c1-14(2)8-9-21(18(20(23)25-4)10-19(22)24-3)11-15-6-5-7-16-12-26-13-17(15)16/h5-7,10,14H,8-9,11-13H2,1-4H3/b18-10+. The Balaban J connectivity index is 2.35. The maximum atomic E-state index is 12.3. The van der Waals surface area contributed by atoms with Crippen molar-refractivity contribution in [2.45, 2.75) is 40.0 Å². The minimum Gasteiger partial charge on any atom is -0.466 e. The molecule has 2 rings (SSSR count). The summed E-state index contributed by atoms with van der Waals surface area (Å²) in [5, 5.41) is 0. The number of carbonyl (C=O) groups excluding carboxylic acids is 2. The predicted molar refractivity (Wildman–Crippen MR) is 96.9 cm³/mol. The number of esters is 2. The molecule has 1 aromatic carbocycles. The zero-order valence-corrected chi connectivity index (χ0v) is 15.9. The van der Waals surface area contributed by atoms with E-state index < -0.39 is 11.9 Å². The van der Waals surface area contributed by atoms with Crippen molar-refractivity contribution in [3.05, 3.63) is 46.7 Å². The molecule has 0 fully saturated rings. The van der Waals surface area contributed by atoms with Crippen LogP contribution in [-0.2, 0) is 43.6 Å². The van der Waals surface area contributed by atoms with Crippen molar-refractivity contribution in [3.8, 4) is 0 Å². The van der Waals surface area contributed by atoms with Crippen LogP contribution < -0.4 is 0 Å². The van der Waals surface area contributed by atoms with Crippen LogP contribution in [0.15, 0.2) is 30.0 Å². The van der Waals surface area contributed by atoms with Crippen molar-refractivity contribution >= 4 is 11.9 Å². The Morgan fingerprint density at radius 1 is 1.23 bits per heavy atom. The molecule has 0 aromatic heterocycles. The number of benzene rings is 1. The molecule has 142 valence electrons. The normalized spacial score (nSPS) is 13.5. The molecular formula is C20H27NO5. The van der Waals surface area contributed by atoms with Crippen molar-refractivity contribution in [2.75, 3.05) is 20.8 Å². The molecule has 26 heavy (non-hydrogen) atoms. The predicted octanol–water partition coefficient (Wildman–Crippen LogP) is 2.79. The van der Waals surface area contributed by atoms with Crippen LogP contribution in [0.2, 0.25) is 0 Å². The molecule has 1 aliphatic rings. The van der Waals surface area contributed by atoms with Crippen LogP contribution in [-0.4, -0.2) is 37.6 Å². The fraction of sp³-hybridized carbons (Fsp3) is 0.500. The lowest BCUT2D eigenvalue weighted by Gasteiger charge is -2.27. The van der Waals surface area contributed by atoms with Crippen LogP contribution in [0.3, 0.4) is 0 Å². The Kier molecular flexibility index (Phi) is 7.21. The molecule has 0 spiro atoms. The number of fused-ring (bicyclic) bond motifs is 1. The van der Waals surface area contributed by atoms with Crippen LogP contribution >= 0.6 is 0 Å². The first-order valence-corrected chi connectivity index (χ1v) is 8.76. The van der Waals surface area contributed by atoms with E-state index in [0.717, 1.165) is 17.5 Å². The molecule has 1 aliphatic heterocycles. The first-order chi connectivity index (χ1) is 12.5. The van der Waals surface area contributed by atoms with Gasteiger partial charge < -0.3 is 19.1 Å². The summed E-state index contributed by atoms with van der Waals surface area (Å²) in [5.41, 5.74) is 3.62. The van der Waals surface area contributed by atoms with Crippen LogP contribution in [0.1, 0.15) is 37.0 Å². The van der Waals surface area contributed by atoms with Crippen molar-refractivity contribution in [1.29, 1.82) is 0 Å². The number of methoxy groups -OCH3 is 2. The van der Waals surface area contributed by atoms with Gasteiger partial charge in [-0.25, -0.2) is 9.59 Å². The van der Waals surface area contributed by atoms with Gasteiger partial charge in [-0.3, -0.25) is 0 Å². The highest BCUT2D eigenvalue weighted by atomic mass is 16.5. The van der Waals surface area contributed by atoms with Gasteiger partial charge in [-0.05, 0) is 29.0 Å². The molecule has 0 radical (unpaired) electrons. The second kappa shape index (κ2) is 9.38. The summed E-state index contributed by atoms with van der Waals surface area (Å²) >= 11 is 0. The molecule has 0 atom stereocenters. The minimum absolute atomic E-state index is 0.205. The van der Waals surface area contributed by atoms with Gasteiger partial charge >= 0.3 is 11.9 Å². The molecule has 0 unspecified atom stereocenters. The van der Waals surface area contributed by atoms with Gasteiger partial charge in [0.15, 0.2) is 0 Å². The van der Waals surface area contributed by atoms with Gasteiger partial charge in [-0.2, -0.15) is 0 Å². The molecule has 0 saturated carbocycles. The lowest BCUT2D eigenvalue weighted by molar-refractivity contribution is -0.140. The summed E-state index contributed by atoms with van der Waals surface area (Å²) in [6.45, 7) is 6.54. The highest BCUT2D eigenvalue weighted by Crippen LogP contribution is 2.26. The summed E-state index contributed by atoms with van der Waals surface area (Å²) < 4.78 is 15.1. The summed E-state index contributed by atoms with van der Waals surface area (Å²) in [6, 6.07) is 6.07. The molecule has 0 bridgehead atoms. The Morgan fingerprint density at radius 3 is 2.65 bits per heavy atom. The van der Waals surface area contributed by atoms with E-state index in [2.05, 4.69) is 19.9 Å². The number of hydrogen-bond donors (Lipinski definition) is 0. The molecule has 0 amide bonds. The average molecular weight is 361 g/mol.